The van der Waals surface area contributed by atoms with Crippen LogP contribution in [0.5, 0.6) is 0 Å². The quantitative estimate of drug-likeness (QED) is 0.770. The van der Waals surface area contributed by atoms with Crippen molar-refractivity contribution >= 4 is 0 Å². The maximum Gasteiger partial charge on any atom is 0.0416 e. The molecule has 1 N–H and O–H groups in total. The van der Waals surface area contributed by atoms with Crippen molar-refractivity contribution in [1.82, 2.24) is 14.9 Å². The summed E-state index contributed by atoms with van der Waals surface area (Å²) < 4.78 is 2.19. The van der Waals surface area contributed by atoms with Crippen LogP contribution in [0.25, 0.3) is 0 Å². The molecule has 3 heteroatoms. The van der Waals surface area contributed by atoms with Crippen LogP contribution in [0.2, 0.25) is 0 Å². The Kier molecular flexibility index (Phi) is 4.33. The first-order chi connectivity index (χ1) is 8.38. The third-order valence-corrected chi connectivity index (χ3v) is 2.79. The molecule has 0 amide bonds. The Hall–Kier alpha value is -1.61. The Morgan fingerprint density at radius 3 is 2.94 bits per heavy atom. The second-order valence-corrected chi connectivity index (χ2v) is 4.10. The molecule has 0 saturated carbocycles. The highest BCUT2D eigenvalue weighted by Crippen LogP contribution is 2.00. The number of aryl methyl sites for hydroxylation is 1. The molecule has 0 aromatic carbocycles. The number of aromatic nitrogens is 2. The van der Waals surface area contributed by atoms with Gasteiger partial charge < -0.3 is 9.88 Å². The number of nitrogens with zero attached hydrogens (tertiary/aromatic N) is 2. The van der Waals surface area contributed by atoms with Crippen LogP contribution in [0, 0.1) is 0 Å². The Bertz CT molecular complexity index is 434. The van der Waals surface area contributed by atoms with E-state index in [1.165, 1.54) is 5.56 Å². The highest BCUT2D eigenvalue weighted by atomic mass is 14.9. The number of nitrogens with one attached hydrogen (secondary N) is 1. The van der Waals surface area contributed by atoms with Crippen molar-refractivity contribution in [3.8, 4) is 0 Å². The summed E-state index contributed by atoms with van der Waals surface area (Å²) in [7, 11) is 0. The van der Waals surface area contributed by atoms with Crippen molar-refractivity contribution in [1.29, 1.82) is 0 Å². The molecule has 0 aliphatic rings. The summed E-state index contributed by atoms with van der Waals surface area (Å²) in [5, 5.41) is 3.43. The summed E-state index contributed by atoms with van der Waals surface area (Å²) in [5.74, 6) is 0. The lowest BCUT2D eigenvalue weighted by Gasteiger charge is -2.03. The number of pyridine rings is 1. The first kappa shape index (κ1) is 11.9. The molecule has 2 aromatic rings. The number of hydrogen-bond acceptors (Lipinski definition) is 2. The first-order valence-electron chi connectivity index (χ1n) is 6.14. The number of rotatable bonds is 6. The van der Waals surface area contributed by atoms with Crippen molar-refractivity contribution in [3.05, 3.63) is 54.1 Å². The summed E-state index contributed by atoms with van der Waals surface area (Å²) in [6.45, 7) is 5.08. The Balaban J connectivity index is 1.69. The van der Waals surface area contributed by atoms with Gasteiger partial charge in [0, 0.05) is 50.3 Å². The SMILES string of the molecule is CCn1ccc(CNCCc2ccccn2)c1. The second-order valence-electron chi connectivity index (χ2n) is 4.10. The average Bonchev–Trinajstić information content (AvgIpc) is 2.84. The van der Waals surface area contributed by atoms with E-state index in [0.29, 0.717) is 0 Å². The summed E-state index contributed by atoms with van der Waals surface area (Å²) in [5.41, 5.74) is 2.49. The monoisotopic (exact) mass is 229 g/mol. The minimum absolute atomic E-state index is 0.930. The van der Waals surface area contributed by atoms with E-state index >= 15 is 0 Å². The first-order valence-corrected chi connectivity index (χ1v) is 6.14. The fourth-order valence-corrected chi connectivity index (χ4v) is 1.79. The van der Waals surface area contributed by atoms with Crippen molar-refractivity contribution in [2.24, 2.45) is 0 Å². The largest absolute Gasteiger partial charge is 0.354 e. The molecule has 0 aliphatic carbocycles. The molecule has 0 fully saturated rings. The van der Waals surface area contributed by atoms with Gasteiger partial charge in [0.05, 0.1) is 0 Å². The molecule has 0 atom stereocenters. The predicted molar refractivity (Wildman–Crippen MR) is 69.8 cm³/mol. The third kappa shape index (κ3) is 3.71. The van der Waals surface area contributed by atoms with Gasteiger partial charge in [0.2, 0.25) is 0 Å². The van der Waals surface area contributed by atoms with E-state index in [-0.39, 0.29) is 0 Å². The van der Waals surface area contributed by atoms with E-state index in [9.17, 15) is 0 Å². The molecule has 2 rings (SSSR count). The zero-order valence-corrected chi connectivity index (χ0v) is 10.3. The molecule has 90 valence electrons. The van der Waals surface area contributed by atoms with Crippen molar-refractivity contribution in [3.63, 3.8) is 0 Å². The van der Waals surface area contributed by atoms with Gasteiger partial charge >= 0.3 is 0 Å². The molecule has 2 heterocycles. The van der Waals surface area contributed by atoms with Gasteiger partial charge in [0.15, 0.2) is 0 Å². The zero-order valence-electron chi connectivity index (χ0n) is 10.3. The molecule has 0 saturated heterocycles. The van der Waals surface area contributed by atoms with E-state index in [1.807, 2.05) is 18.3 Å². The van der Waals surface area contributed by atoms with Crippen LogP contribution < -0.4 is 5.32 Å². The fraction of sp³-hybridized carbons (Fsp3) is 0.357. The summed E-state index contributed by atoms with van der Waals surface area (Å²) >= 11 is 0. The van der Waals surface area contributed by atoms with E-state index in [0.717, 1.165) is 31.7 Å². The maximum atomic E-state index is 4.30. The fourth-order valence-electron chi connectivity index (χ4n) is 1.79. The summed E-state index contributed by atoms with van der Waals surface area (Å²) in [4.78, 5) is 4.30. The standard InChI is InChI=1S/C14H19N3/c1-2-17-10-7-13(12-17)11-15-9-6-14-5-3-4-8-16-14/h3-5,7-8,10,12,15H,2,6,9,11H2,1H3. The average molecular weight is 229 g/mol. The third-order valence-electron chi connectivity index (χ3n) is 2.79. The zero-order chi connectivity index (χ0) is 11.9. The minimum Gasteiger partial charge on any atom is -0.354 e. The predicted octanol–water partition coefficient (Wildman–Crippen LogP) is 2.24. The van der Waals surface area contributed by atoms with Crippen LogP contribution in [0.4, 0.5) is 0 Å². The molecule has 0 unspecified atom stereocenters. The second kappa shape index (κ2) is 6.21. The number of hydrogen-bond donors (Lipinski definition) is 1. The Labute approximate surface area is 103 Å². The van der Waals surface area contributed by atoms with Crippen LogP contribution in [0.1, 0.15) is 18.2 Å². The van der Waals surface area contributed by atoms with E-state index < -0.39 is 0 Å². The van der Waals surface area contributed by atoms with Crippen LogP contribution in [-0.4, -0.2) is 16.1 Å². The maximum absolute atomic E-state index is 4.30. The molecule has 17 heavy (non-hydrogen) atoms. The lowest BCUT2D eigenvalue weighted by Crippen LogP contribution is -2.16. The normalized spacial score (nSPS) is 10.6. The highest BCUT2D eigenvalue weighted by Gasteiger charge is 1.96. The molecule has 3 nitrogen and oxygen atoms in total. The highest BCUT2D eigenvalue weighted by molar-refractivity contribution is 5.10. The lowest BCUT2D eigenvalue weighted by atomic mass is 10.2. The van der Waals surface area contributed by atoms with E-state index in [2.05, 4.69) is 46.3 Å². The van der Waals surface area contributed by atoms with Crippen molar-refractivity contribution in [2.75, 3.05) is 6.54 Å². The smallest absolute Gasteiger partial charge is 0.0416 e. The van der Waals surface area contributed by atoms with E-state index in [1.54, 1.807) is 0 Å². The molecular formula is C14H19N3. The van der Waals surface area contributed by atoms with Gasteiger partial charge in [-0.1, -0.05) is 6.07 Å². The van der Waals surface area contributed by atoms with Crippen molar-refractivity contribution in [2.45, 2.75) is 26.4 Å². The molecular weight excluding hydrogens is 210 g/mol. The van der Waals surface area contributed by atoms with Crippen molar-refractivity contribution < 1.29 is 0 Å². The van der Waals surface area contributed by atoms with Gasteiger partial charge in [0.1, 0.15) is 0 Å². The topological polar surface area (TPSA) is 29.9 Å². The Morgan fingerprint density at radius 1 is 1.29 bits per heavy atom. The van der Waals surface area contributed by atoms with Crippen LogP contribution in [0.3, 0.4) is 0 Å². The van der Waals surface area contributed by atoms with Gasteiger partial charge in [-0.3, -0.25) is 4.98 Å². The van der Waals surface area contributed by atoms with Gasteiger partial charge in [0.25, 0.3) is 0 Å². The van der Waals surface area contributed by atoms with Gasteiger partial charge in [-0.15, -0.1) is 0 Å². The Morgan fingerprint density at radius 2 is 2.24 bits per heavy atom. The lowest BCUT2D eigenvalue weighted by molar-refractivity contribution is 0.676. The van der Waals surface area contributed by atoms with E-state index in [4.69, 9.17) is 0 Å². The van der Waals surface area contributed by atoms with Gasteiger partial charge in [-0.05, 0) is 30.7 Å². The minimum atomic E-state index is 0.930. The van der Waals surface area contributed by atoms with Gasteiger partial charge in [-0.2, -0.15) is 0 Å². The molecule has 2 aromatic heterocycles. The van der Waals surface area contributed by atoms with Crippen LogP contribution in [0.15, 0.2) is 42.9 Å². The summed E-state index contributed by atoms with van der Waals surface area (Å²) in [6.07, 6.45) is 7.13. The molecule has 0 aliphatic heterocycles. The molecule has 0 spiro atoms. The molecule has 0 radical (unpaired) electrons. The molecule has 0 bridgehead atoms. The van der Waals surface area contributed by atoms with Gasteiger partial charge in [-0.25, -0.2) is 0 Å². The van der Waals surface area contributed by atoms with Crippen LogP contribution in [-0.2, 0) is 19.5 Å². The summed E-state index contributed by atoms with van der Waals surface area (Å²) in [6, 6.07) is 8.21. The van der Waals surface area contributed by atoms with Crippen LogP contribution >= 0.6 is 0 Å².